The van der Waals surface area contributed by atoms with E-state index in [1.807, 2.05) is 18.5 Å². The molecule has 0 spiro atoms. The SMILES string of the molecule is Cc1ccc([C@H](c2nnnn2C2CCCC2)N(Cc2ccccc2)Cc2cccnc2)cc1. The molecule has 2 aromatic carbocycles. The number of benzene rings is 2. The number of hydrogen-bond donors (Lipinski definition) is 0. The molecule has 0 radical (unpaired) electrons. The van der Waals surface area contributed by atoms with Gasteiger partial charge in [-0.1, -0.05) is 79.1 Å². The predicted molar refractivity (Wildman–Crippen MR) is 128 cm³/mol. The number of pyridine rings is 1. The van der Waals surface area contributed by atoms with Gasteiger partial charge >= 0.3 is 0 Å². The van der Waals surface area contributed by atoms with Crippen molar-refractivity contribution in [3.8, 4) is 0 Å². The van der Waals surface area contributed by atoms with Gasteiger partial charge in [0, 0.05) is 25.5 Å². The maximum Gasteiger partial charge on any atom is 0.173 e. The first-order valence-corrected chi connectivity index (χ1v) is 11.8. The number of aryl methyl sites for hydroxylation is 1. The molecular formula is C27H30N6. The molecule has 5 rings (SSSR count). The van der Waals surface area contributed by atoms with Gasteiger partial charge in [-0.05, 0) is 52.9 Å². The Hall–Kier alpha value is -3.38. The van der Waals surface area contributed by atoms with Gasteiger partial charge in [0.25, 0.3) is 0 Å². The van der Waals surface area contributed by atoms with E-state index in [2.05, 4.69) is 97.7 Å². The summed E-state index contributed by atoms with van der Waals surface area (Å²) in [7, 11) is 0. The lowest BCUT2D eigenvalue weighted by molar-refractivity contribution is 0.191. The van der Waals surface area contributed by atoms with Gasteiger partial charge in [0.2, 0.25) is 0 Å². The highest BCUT2D eigenvalue weighted by Crippen LogP contribution is 2.35. The average molecular weight is 439 g/mol. The summed E-state index contributed by atoms with van der Waals surface area (Å²) >= 11 is 0. The summed E-state index contributed by atoms with van der Waals surface area (Å²) in [5.74, 6) is 0.922. The number of hydrogen-bond acceptors (Lipinski definition) is 5. The molecule has 6 heteroatoms. The second-order valence-electron chi connectivity index (χ2n) is 8.99. The molecule has 2 heterocycles. The lowest BCUT2D eigenvalue weighted by Crippen LogP contribution is -2.32. The van der Waals surface area contributed by atoms with E-state index < -0.39 is 0 Å². The van der Waals surface area contributed by atoms with Crippen molar-refractivity contribution in [3.63, 3.8) is 0 Å². The zero-order valence-electron chi connectivity index (χ0n) is 19.1. The summed E-state index contributed by atoms with van der Waals surface area (Å²) in [6.45, 7) is 3.66. The first-order chi connectivity index (χ1) is 16.3. The Kier molecular flexibility index (Phi) is 6.53. The molecule has 1 aliphatic carbocycles. The Bertz CT molecular complexity index is 1090. The molecule has 1 saturated carbocycles. The molecule has 1 aliphatic rings. The van der Waals surface area contributed by atoms with E-state index in [-0.39, 0.29) is 6.04 Å². The van der Waals surface area contributed by atoms with Gasteiger partial charge in [-0.25, -0.2) is 4.68 Å². The molecule has 0 amide bonds. The second kappa shape index (κ2) is 10.0. The van der Waals surface area contributed by atoms with Crippen LogP contribution in [0.4, 0.5) is 0 Å². The smallest absolute Gasteiger partial charge is 0.173 e. The Morgan fingerprint density at radius 1 is 0.909 bits per heavy atom. The molecule has 168 valence electrons. The summed E-state index contributed by atoms with van der Waals surface area (Å²) in [4.78, 5) is 6.83. The molecule has 2 aromatic heterocycles. The fourth-order valence-corrected chi connectivity index (χ4v) is 4.84. The van der Waals surface area contributed by atoms with Gasteiger partial charge < -0.3 is 0 Å². The molecule has 0 N–H and O–H groups in total. The quantitative estimate of drug-likeness (QED) is 0.374. The first kappa shape index (κ1) is 21.5. The molecule has 0 bridgehead atoms. The lowest BCUT2D eigenvalue weighted by atomic mass is 10.0. The topological polar surface area (TPSA) is 59.7 Å². The van der Waals surface area contributed by atoms with Gasteiger partial charge in [-0.2, -0.15) is 0 Å². The van der Waals surface area contributed by atoms with Crippen molar-refractivity contribution in [2.24, 2.45) is 0 Å². The molecule has 1 atom stereocenters. The van der Waals surface area contributed by atoms with Crippen LogP contribution in [0.25, 0.3) is 0 Å². The highest BCUT2D eigenvalue weighted by Gasteiger charge is 2.31. The monoisotopic (exact) mass is 438 g/mol. The molecule has 1 fully saturated rings. The van der Waals surface area contributed by atoms with E-state index in [9.17, 15) is 0 Å². The van der Waals surface area contributed by atoms with Crippen LogP contribution in [0.5, 0.6) is 0 Å². The third kappa shape index (κ3) is 5.01. The highest BCUT2D eigenvalue weighted by atomic mass is 15.6. The van der Waals surface area contributed by atoms with Crippen LogP contribution in [0.15, 0.2) is 79.1 Å². The highest BCUT2D eigenvalue weighted by molar-refractivity contribution is 5.29. The summed E-state index contributed by atoms with van der Waals surface area (Å²) in [6, 6.07) is 23.9. The van der Waals surface area contributed by atoms with Crippen LogP contribution in [0.3, 0.4) is 0 Å². The number of rotatable bonds is 8. The Balaban J connectivity index is 1.59. The average Bonchev–Trinajstić information content (AvgIpc) is 3.54. The number of aromatic nitrogens is 5. The number of nitrogens with zero attached hydrogens (tertiary/aromatic N) is 6. The third-order valence-electron chi connectivity index (χ3n) is 6.53. The van der Waals surface area contributed by atoms with Crippen LogP contribution in [0, 0.1) is 6.92 Å². The fourth-order valence-electron chi connectivity index (χ4n) is 4.84. The van der Waals surface area contributed by atoms with Crippen molar-refractivity contribution in [2.45, 2.75) is 57.8 Å². The van der Waals surface area contributed by atoms with Crippen LogP contribution in [0.2, 0.25) is 0 Å². The molecule has 0 aliphatic heterocycles. The Morgan fingerprint density at radius 3 is 2.36 bits per heavy atom. The van der Waals surface area contributed by atoms with E-state index in [0.29, 0.717) is 6.04 Å². The molecule has 0 unspecified atom stereocenters. The van der Waals surface area contributed by atoms with E-state index in [1.54, 1.807) is 0 Å². The van der Waals surface area contributed by atoms with Crippen molar-refractivity contribution < 1.29 is 0 Å². The fraction of sp³-hybridized carbons (Fsp3) is 0.333. The van der Waals surface area contributed by atoms with Gasteiger partial charge in [0.1, 0.15) is 0 Å². The predicted octanol–water partition coefficient (Wildman–Crippen LogP) is 5.28. The van der Waals surface area contributed by atoms with E-state index >= 15 is 0 Å². The van der Waals surface area contributed by atoms with Crippen LogP contribution in [-0.4, -0.2) is 30.1 Å². The maximum absolute atomic E-state index is 4.61. The zero-order chi connectivity index (χ0) is 22.5. The second-order valence-corrected chi connectivity index (χ2v) is 8.99. The van der Waals surface area contributed by atoms with Gasteiger partial charge in [0.05, 0.1) is 12.1 Å². The van der Waals surface area contributed by atoms with Crippen LogP contribution in [0.1, 0.15) is 65.8 Å². The normalized spacial score (nSPS) is 15.2. The van der Waals surface area contributed by atoms with Crippen molar-refractivity contribution >= 4 is 0 Å². The van der Waals surface area contributed by atoms with Crippen molar-refractivity contribution in [1.29, 1.82) is 0 Å². The maximum atomic E-state index is 4.61. The minimum atomic E-state index is -0.0680. The summed E-state index contributed by atoms with van der Waals surface area (Å²) in [5.41, 5.74) is 4.88. The van der Waals surface area contributed by atoms with Crippen LogP contribution >= 0.6 is 0 Å². The first-order valence-electron chi connectivity index (χ1n) is 11.8. The third-order valence-corrected chi connectivity index (χ3v) is 6.53. The van der Waals surface area contributed by atoms with Crippen LogP contribution < -0.4 is 0 Å². The van der Waals surface area contributed by atoms with E-state index in [0.717, 1.165) is 31.8 Å². The molecular weight excluding hydrogens is 408 g/mol. The summed E-state index contributed by atoms with van der Waals surface area (Å²) < 4.78 is 2.10. The Morgan fingerprint density at radius 2 is 1.64 bits per heavy atom. The molecule has 6 nitrogen and oxygen atoms in total. The van der Waals surface area contributed by atoms with Crippen molar-refractivity contribution in [1.82, 2.24) is 30.1 Å². The van der Waals surface area contributed by atoms with E-state index in [1.165, 1.54) is 35.1 Å². The number of tetrazole rings is 1. The standard InChI is InChI=1S/C27H30N6/c1-21-13-15-24(16-14-21)26(27-29-30-31-33(27)25-11-5-6-12-25)32(19-22-8-3-2-4-9-22)20-23-10-7-17-28-18-23/h2-4,7-10,13-18,25-26H,5-6,11-12,19-20H2,1H3/t26-/m1/s1. The largest absolute Gasteiger partial charge is 0.281 e. The van der Waals surface area contributed by atoms with Gasteiger partial charge in [0.15, 0.2) is 5.82 Å². The van der Waals surface area contributed by atoms with Crippen LogP contribution in [-0.2, 0) is 13.1 Å². The molecule has 4 aromatic rings. The van der Waals surface area contributed by atoms with Gasteiger partial charge in [-0.3, -0.25) is 9.88 Å². The minimum absolute atomic E-state index is 0.0680. The summed E-state index contributed by atoms with van der Waals surface area (Å²) in [6.07, 6.45) is 8.53. The Labute approximate surface area is 195 Å². The van der Waals surface area contributed by atoms with Gasteiger partial charge in [-0.15, -0.1) is 5.10 Å². The lowest BCUT2D eigenvalue weighted by Gasteiger charge is -2.32. The summed E-state index contributed by atoms with van der Waals surface area (Å²) in [5, 5.41) is 13.2. The van der Waals surface area contributed by atoms with Crippen molar-refractivity contribution in [3.05, 3.63) is 107 Å². The molecule has 33 heavy (non-hydrogen) atoms. The zero-order valence-corrected chi connectivity index (χ0v) is 19.1. The molecule has 0 saturated heterocycles. The van der Waals surface area contributed by atoms with E-state index in [4.69, 9.17) is 0 Å². The minimum Gasteiger partial charge on any atom is -0.281 e. The van der Waals surface area contributed by atoms with Crippen molar-refractivity contribution in [2.75, 3.05) is 0 Å².